The fourth-order valence-electron chi connectivity index (χ4n) is 1.80. The van der Waals surface area contributed by atoms with Crippen LogP contribution in [0.5, 0.6) is 11.8 Å². The van der Waals surface area contributed by atoms with Crippen LogP contribution in [0.4, 0.5) is 0 Å². The summed E-state index contributed by atoms with van der Waals surface area (Å²) in [7, 11) is 3.09. The monoisotopic (exact) mass is 295 g/mol. The zero-order valence-electron chi connectivity index (χ0n) is 11.4. The van der Waals surface area contributed by atoms with Crippen LogP contribution >= 0.6 is 11.3 Å². The summed E-state index contributed by atoms with van der Waals surface area (Å²) in [6.45, 7) is 0.881. The predicted octanol–water partition coefficient (Wildman–Crippen LogP) is 1.38. The lowest BCUT2D eigenvalue weighted by atomic mass is 10.2. The number of methoxy groups -OCH3 is 2. The van der Waals surface area contributed by atoms with Crippen molar-refractivity contribution in [3.63, 3.8) is 0 Å². The van der Waals surface area contributed by atoms with Gasteiger partial charge in [0.05, 0.1) is 25.9 Å². The van der Waals surface area contributed by atoms with E-state index in [4.69, 9.17) is 9.47 Å². The molecule has 0 amide bonds. The van der Waals surface area contributed by atoms with Gasteiger partial charge in [-0.15, -0.1) is 0 Å². The summed E-state index contributed by atoms with van der Waals surface area (Å²) in [6, 6.07) is 1.91. The molecule has 0 spiro atoms. The van der Waals surface area contributed by atoms with Gasteiger partial charge in [-0.1, -0.05) is 0 Å². The van der Waals surface area contributed by atoms with Gasteiger partial charge in [-0.2, -0.15) is 11.3 Å². The smallest absolute Gasteiger partial charge is 0.224 e. The van der Waals surface area contributed by atoms with Crippen molar-refractivity contribution >= 4 is 11.3 Å². The van der Waals surface area contributed by atoms with Gasteiger partial charge in [-0.3, -0.25) is 0 Å². The van der Waals surface area contributed by atoms with E-state index in [1.807, 2.05) is 16.8 Å². The number of aliphatic hydroxyl groups excluding tert-OH is 1. The molecule has 0 aromatic carbocycles. The van der Waals surface area contributed by atoms with Crippen LogP contribution in [0.15, 0.2) is 23.2 Å². The Labute approximate surface area is 121 Å². The molecule has 2 rings (SSSR count). The maximum atomic E-state index is 9.99. The van der Waals surface area contributed by atoms with Gasteiger partial charge in [0, 0.05) is 13.1 Å². The number of nitrogens with zero attached hydrogens (tertiary/aromatic N) is 2. The topological polar surface area (TPSA) is 76.5 Å². The van der Waals surface area contributed by atoms with Crippen molar-refractivity contribution in [2.75, 3.05) is 20.8 Å². The molecule has 0 aliphatic rings. The van der Waals surface area contributed by atoms with Crippen LogP contribution in [-0.4, -0.2) is 35.8 Å². The van der Waals surface area contributed by atoms with Gasteiger partial charge in [-0.05, 0) is 22.4 Å². The average molecular weight is 295 g/mol. The summed E-state index contributed by atoms with van der Waals surface area (Å²) in [5, 5.41) is 17.0. The molecule has 0 saturated carbocycles. The third kappa shape index (κ3) is 3.44. The van der Waals surface area contributed by atoms with E-state index in [9.17, 15) is 5.11 Å². The zero-order valence-corrected chi connectivity index (χ0v) is 12.2. The quantitative estimate of drug-likeness (QED) is 0.803. The van der Waals surface area contributed by atoms with E-state index in [2.05, 4.69) is 15.3 Å². The molecule has 20 heavy (non-hydrogen) atoms. The van der Waals surface area contributed by atoms with Crippen molar-refractivity contribution in [1.82, 2.24) is 15.3 Å². The van der Waals surface area contributed by atoms with Gasteiger partial charge in [0.25, 0.3) is 0 Å². The van der Waals surface area contributed by atoms with Gasteiger partial charge in [0.2, 0.25) is 11.8 Å². The van der Waals surface area contributed by atoms with Crippen molar-refractivity contribution in [1.29, 1.82) is 0 Å². The van der Waals surface area contributed by atoms with Crippen molar-refractivity contribution in [2.24, 2.45) is 0 Å². The second-order valence-electron chi connectivity index (χ2n) is 4.07. The molecular weight excluding hydrogens is 278 g/mol. The lowest BCUT2D eigenvalue weighted by Crippen LogP contribution is -2.21. The van der Waals surface area contributed by atoms with Crippen LogP contribution in [0, 0.1) is 0 Å². The Morgan fingerprint density at radius 3 is 2.55 bits per heavy atom. The van der Waals surface area contributed by atoms with E-state index in [-0.39, 0.29) is 0 Å². The molecule has 0 aliphatic carbocycles. The highest BCUT2D eigenvalue weighted by molar-refractivity contribution is 7.07. The minimum atomic E-state index is -0.539. The van der Waals surface area contributed by atoms with Crippen molar-refractivity contribution in [3.8, 4) is 11.8 Å². The number of rotatable bonds is 7. The maximum Gasteiger partial charge on any atom is 0.224 e. The van der Waals surface area contributed by atoms with Crippen molar-refractivity contribution < 1.29 is 14.6 Å². The molecule has 0 saturated heterocycles. The maximum absolute atomic E-state index is 9.99. The molecule has 2 aromatic rings. The summed E-state index contributed by atoms with van der Waals surface area (Å²) >= 11 is 1.56. The normalized spacial score (nSPS) is 12.2. The summed E-state index contributed by atoms with van der Waals surface area (Å²) in [5.41, 5.74) is 1.64. The van der Waals surface area contributed by atoms with E-state index < -0.39 is 6.10 Å². The Balaban J connectivity index is 1.97. The molecule has 2 heterocycles. The standard InChI is InChI=1S/C13H17N3O3S/c1-18-12-10(13(19-2)16-8-15-12)5-14-6-11(17)9-3-4-20-7-9/h3-4,7-8,11,14,17H,5-6H2,1-2H3. The predicted molar refractivity (Wildman–Crippen MR) is 76.1 cm³/mol. The third-order valence-corrected chi connectivity index (χ3v) is 3.52. The molecule has 0 fully saturated rings. The highest BCUT2D eigenvalue weighted by Crippen LogP contribution is 2.23. The van der Waals surface area contributed by atoms with Gasteiger partial charge in [0.1, 0.15) is 6.33 Å². The summed E-state index contributed by atoms with van der Waals surface area (Å²) in [5.74, 6) is 0.934. The van der Waals surface area contributed by atoms with Gasteiger partial charge < -0.3 is 19.9 Å². The SMILES string of the molecule is COc1ncnc(OC)c1CNCC(O)c1ccsc1. The Hall–Kier alpha value is -1.70. The minimum absolute atomic E-state index is 0.429. The first-order valence-electron chi connectivity index (χ1n) is 6.09. The molecule has 108 valence electrons. The van der Waals surface area contributed by atoms with E-state index >= 15 is 0 Å². The highest BCUT2D eigenvalue weighted by atomic mass is 32.1. The second kappa shape index (κ2) is 7.18. The van der Waals surface area contributed by atoms with Crippen molar-refractivity contribution in [3.05, 3.63) is 34.3 Å². The highest BCUT2D eigenvalue weighted by Gasteiger charge is 2.13. The van der Waals surface area contributed by atoms with E-state index in [0.29, 0.717) is 24.8 Å². The summed E-state index contributed by atoms with van der Waals surface area (Å²) in [4.78, 5) is 8.08. The lowest BCUT2D eigenvalue weighted by molar-refractivity contribution is 0.174. The molecule has 0 aliphatic heterocycles. The molecule has 2 aromatic heterocycles. The summed E-state index contributed by atoms with van der Waals surface area (Å²) < 4.78 is 10.4. The van der Waals surface area contributed by atoms with Crippen LogP contribution in [0.25, 0.3) is 0 Å². The van der Waals surface area contributed by atoms with E-state index in [0.717, 1.165) is 11.1 Å². The lowest BCUT2D eigenvalue weighted by Gasteiger charge is -2.13. The second-order valence-corrected chi connectivity index (χ2v) is 4.85. The van der Waals surface area contributed by atoms with Crippen LogP contribution in [0.1, 0.15) is 17.2 Å². The molecule has 7 heteroatoms. The van der Waals surface area contributed by atoms with Crippen LogP contribution in [0.3, 0.4) is 0 Å². The number of thiophene rings is 1. The fourth-order valence-corrected chi connectivity index (χ4v) is 2.51. The molecule has 6 nitrogen and oxygen atoms in total. The molecule has 1 unspecified atom stereocenters. The van der Waals surface area contributed by atoms with Gasteiger partial charge in [-0.25, -0.2) is 9.97 Å². The first kappa shape index (κ1) is 14.7. The number of nitrogens with one attached hydrogen (secondary N) is 1. The molecule has 1 atom stereocenters. The van der Waals surface area contributed by atoms with Gasteiger partial charge >= 0.3 is 0 Å². The largest absolute Gasteiger partial charge is 0.481 e. The molecule has 0 bridgehead atoms. The summed E-state index contributed by atoms with van der Waals surface area (Å²) in [6.07, 6.45) is 0.851. The molecule has 0 radical (unpaired) electrons. The average Bonchev–Trinajstić information content (AvgIpc) is 3.01. The van der Waals surface area contributed by atoms with Gasteiger partial charge in [0.15, 0.2) is 0 Å². The number of hydrogen-bond donors (Lipinski definition) is 2. The fraction of sp³-hybridized carbons (Fsp3) is 0.385. The number of aliphatic hydroxyl groups is 1. The number of hydrogen-bond acceptors (Lipinski definition) is 7. The number of aromatic nitrogens is 2. The van der Waals surface area contributed by atoms with Crippen LogP contribution < -0.4 is 14.8 Å². The van der Waals surface area contributed by atoms with E-state index in [1.165, 1.54) is 6.33 Å². The Morgan fingerprint density at radius 2 is 2.00 bits per heavy atom. The first-order chi connectivity index (χ1) is 9.76. The molecular formula is C13H17N3O3S. The molecule has 2 N–H and O–H groups in total. The minimum Gasteiger partial charge on any atom is -0.481 e. The number of ether oxygens (including phenoxy) is 2. The zero-order chi connectivity index (χ0) is 14.4. The first-order valence-corrected chi connectivity index (χ1v) is 7.03. The van der Waals surface area contributed by atoms with Crippen molar-refractivity contribution in [2.45, 2.75) is 12.6 Å². The third-order valence-electron chi connectivity index (χ3n) is 2.82. The Morgan fingerprint density at radius 1 is 1.30 bits per heavy atom. The Bertz CT molecular complexity index is 511. The van der Waals surface area contributed by atoms with Crippen LogP contribution in [-0.2, 0) is 6.54 Å². The van der Waals surface area contributed by atoms with E-state index in [1.54, 1.807) is 25.6 Å². The Kier molecular flexibility index (Phi) is 5.28. The van der Waals surface area contributed by atoms with Crippen LogP contribution in [0.2, 0.25) is 0 Å².